The molecule has 2 aliphatic rings. The van der Waals surface area contributed by atoms with E-state index in [9.17, 15) is 13.2 Å². The highest BCUT2D eigenvalue weighted by molar-refractivity contribution is 7.89. The number of carbonyl (C=O) groups excluding carboxylic acids is 1. The van der Waals surface area contributed by atoms with Crippen molar-refractivity contribution in [3.8, 4) is 0 Å². The lowest BCUT2D eigenvalue weighted by Gasteiger charge is -2.21. The molecule has 0 radical (unpaired) electrons. The molecule has 1 aromatic rings. The van der Waals surface area contributed by atoms with Crippen molar-refractivity contribution in [1.82, 2.24) is 10.0 Å². The van der Waals surface area contributed by atoms with Crippen LogP contribution in [0.1, 0.15) is 74.6 Å². The Labute approximate surface area is 157 Å². The zero-order chi connectivity index (χ0) is 18.4. The molecule has 0 unspecified atom stereocenters. The quantitative estimate of drug-likeness (QED) is 0.761. The molecular formula is C20H30N2O3S. The molecule has 2 aliphatic carbocycles. The average molecular weight is 379 g/mol. The van der Waals surface area contributed by atoms with E-state index in [4.69, 9.17) is 0 Å². The van der Waals surface area contributed by atoms with Crippen molar-refractivity contribution >= 4 is 15.9 Å². The molecule has 0 spiro atoms. The van der Waals surface area contributed by atoms with Crippen LogP contribution in [0.25, 0.3) is 0 Å². The smallest absolute Gasteiger partial charge is 0.251 e. The Bertz CT molecular complexity index is 706. The first-order valence-electron chi connectivity index (χ1n) is 9.95. The van der Waals surface area contributed by atoms with E-state index in [0.717, 1.165) is 32.1 Å². The summed E-state index contributed by atoms with van der Waals surface area (Å²) in [6.07, 6.45) is 11.4. The predicted molar refractivity (Wildman–Crippen MR) is 103 cm³/mol. The van der Waals surface area contributed by atoms with Gasteiger partial charge in [0.15, 0.2) is 0 Å². The van der Waals surface area contributed by atoms with Gasteiger partial charge < -0.3 is 5.32 Å². The maximum Gasteiger partial charge on any atom is 0.251 e. The molecule has 1 aromatic carbocycles. The van der Waals surface area contributed by atoms with E-state index in [2.05, 4.69) is 10.0 Å². The van der Waals surface area contributed by atoms with Gasteiger partial charge in [0.05, 0.1) is 4.90 Å². The minimum atomic E-state index is -3.57. The van der Waals surface area contributed by atoms with Crippen LogP contribution in [0.15, 0.2) is 29.2 Å². The number of carbonyl (C=O) groups is 1. The summed E-state index contributed by atoms with van der Waals surface area (Å²) in [5.74, 6) is 0.519. The first-order valence-corrected chi connectivity index (χ1v) is 11.4. The molecule has 2 N–H and O–H groups in total. The van der Waals surface area contributed by atoms with E-state index in [1.54, 1.807) is 18.2 Å². The van der Waals surface area contributed by atoms with Crippen molar-refractivity contribution < 1.29 is 13.2 Å². The molecule has 144 valence electrons. The number of sulfonamides is 1. The Morgan fingerprint density at radius 1 is 1.00 bits per heavy atom. The fourth-order valence-corrected chi connectivity index (χ4v) is 5.45. The topological polar surface area (TPSA) is 75.3 Å². The molecule has 0 atom stereocenters. The van der Waals surface area contributed by atoms with Gasteiger partial charge in [-0.25, -0.2) is 13.1 Å². The van der Waals surface area contributed by atoms with Crippen LogP contribution in [0, 0.1) is 5.92 Å². The maximum absolute atomic E-state index is 12.5. The van der Waals surface area contributed by atoms with Gasteiger partial charge in [0.1, 0.15) is 0 Å². The number of rotatable bonds is 7. The van der Waals surface area contributed by atoms with E-state index >= 15 is 0 Å². The van der Waals surface area contributed by atoms with Crippen molar-refractivity contribution in [2.45, 2.75) is 75.1 Å². The fourth-order valence-electron chi connectivity index (χ4n) is 4.10. The van der Waals surface area contributed by atoms with Crippen LogP contribution in [0.2, 0.25) is 0 Å². The SMILES string of the molecule is O=C(NCCC1CCCCC1)c1cccc(S(=O)(=O)NC2CCCC2)c1. The molecule has 2 saturated carbocycles. The van der Waals surface area contributed by atoms with Gasteiger partial charge in [-0.1, -0.05) is 51.0 Å². The number of hydrogen-bond acceptors (Lipinski definition) is 3. The molecule has 0 heterocycles. The van der Waals surface area contributed by atoms with Crippen LogP contribution in [-0.2, 0) is 10.0 Å². The normalized spacial score (nSPS) is 19.5. The maximum atomic E-state index is 12.5. The molecule has 3 rings (SSSR count). The monoisotopic (exact) mass is 378 g/mol. The molecule has 6 heteroatoms. The van der Waals surface area contributed by atoms with Crippen molar-refractivity contribution in [2.24, 2.45) is 5.92 Å². The molecule has 0 aliphatic heterocycles. The first kappa shape index (κ1) is 19.4. The number of benzene rings is 1. The number of amides is 1. The minimum absolute atomic E-state index is 0.0213. The summed E-state index contributed by atoms with van der Waals surface area (Å²) >= 11 is 0. The van der Waals surface area contributed by atoms with Gasteiger partial charge in [-0.05, 0) is 43.4 Å². The van der Waals surface area contributed by atoms with Crippen molar-refractivity contribution in [3.63, 3.8) is 0 Å². The summed E-state index contributed by atoms with van der Waals surface area (Å²) in [6, 6.07) is 6.36. The van der Waals surface area contributed by atoms with Crippen LogP contribution >= 0.6 is 0 Å². The highest BCUT2D eigenvalue weighted by atomic mass is 32.2. The molecule has 0 bridgehead atoms. The summed E-state index contributed by atoms with van der Waals surface area (Å²) in [4.78, 5) is 12.6. The molecule has 2 fully saturated rings. The zero-order valence-corrected chi connectivity index (χ0v) is 16.2. The van der Waals surface area contributed by atoms with E-state index < -0.39 is 10.0 Å². The number of hydrogen-bond donors (Lipinski definition) is 2. The summed E-state index contributed by atoms with van der Waals surface area (Å²) in [7, 11) is -3.57. The Kier molecular flexibility index (Phi) is 6.70. The third-order valence-electron chi connectivity index (χ3n) is 5.65. The van der Waals surface area contributed by atoms with E-state index in [0.29, 0.717) is 18.0 Å². The summed E-state index contributed by atoms with van der Waals surface area (Å²) in [5.41, 5.74) is 0.406. The molecular weight excluding hydrogens is 348 g/mol. The average Bonchev–Trinajstić information content (AvgIpc) is 3.15. The second-order valence-corrected chi connectivity index (χ2v) is 9.39. The number of nitrogens with one attached hydrogen (secondary N) is 2. The molecule has 0 saturated heterocycles. The van der Waals surface area contributed by atoms with Crippen molar-refractivity contribution in [3.05, 3.63) is 29.8 Å². The third kappa shape index (κ3) is 5.30. The Morgan fingerprint density at radius 3 is 2.42 bits per heavy atom. The Balaban J connectivity index is 1.56. The summed E-state index contributed by atoms with van der Waals surface area (Å²) < 4.78 is 27.8. The van der Waals surface area contributed by atoms with Gasteiger partial charge in [-0.15, -0.1) is 0 Å². The van der Waals surface area contributed by atoms with Crippen LogP contribution in [0.4, 0.5) is 0 Å². The second kappa shape index (κ2) is 9.00. The van der Waals surface area contributed by atoms with Gasteiger partial charge >= 0.3 is 0 Å². The van der Waals surface area contributed by atoms with E-state index in [-0.39, 0.29) is 16.8 Å². The standard InChI is InChI=1S/C20H30N2O3S/c23-20(21-14-13-16-7-2-1-3-8-16)17-9-6-12-19(15-17)26(24,25)22-18-10-4-5-11-18/h6,9,12,15-16,18,22H,1-5,7-8,10-11,13-14H2,(H,21,23). The minimum Gasteiger partial charge on any atom is -0.352 e. The largest absolute Gasteiger partial charge is 0.352 e. The Morgan fingerprint density at radius 2 is 1.69 bits per heavy atom. The first-order chi connectivity index (χ1) is 12.5. The molecule has 1 amide bonds. The van der Waals surface area contributed by atoms with Crippen LogP contribution in [-0.4, -0.2) is 26.9 Å². The summed E-state index contributed by atoms with van der Waals surface area (Å²) in [6.45, 7) is 0.654. The Hall–Kier alpha value is -1.40. The lowest BCUT2D eigenvalue weighted by molar-refractivity contribution is 0.0950. The third-order valence-corrected chi connectivity index (χ3v) is 7.16. The van der Waals surface area contributed by atoms with Crippen molar-refractivity contribution in [1.29, 1.82) is 0 Å². The van der Waals surface area contributed by atoms with E-state index in [1.807, 2.05) is 0 Å². The van der Waals surface area contributed by atoms with Gasteiger partial charge in [-0.3, -0.25) is 4.79 Å². The highest BCUT2D eigenvalue weighted by Gasteiger charge is 2.23. The van der Waals surface area contributed by atoms with Crippen molar-refractivity contribution in [2.75, 3.05) is 6.54 Å². The van der Waals surface area contributed by atoms with Crippen LogP contribution in [0.5, 0.6) is 0 Å². The van der Waals surface area contributed by atoms with E-state index in [1.165, 1.54) is 38.2 Å². The lowest BCUT2D eigenvalue weighted by Crippen LogP contribution is -2.33. The van der Waals surface area contributed by atoms with Gasteiger partial charge in [0.2, 0.25) is 10.0 Å². The van der Waals surface area contributed by atoms with Crippen LogP contribution in [0.3, 0.4) is 0 Å². The predicted octanol–water partition coefficient (Wildman–Crippen LogP) is 3.61. The van der Waals surface area contributed by atoms with Gasteiger partial charge in [0.25, 0.3) is 5.91 Å². The van der Waals surface area contributed by atoms with Gasteiger partial charge in [-0.2, -0.15) is 0 Å². The fraction of sp³-hybridized carbons (Fsp3) is 0.650. The zero-order valence-electron chi connectivity index (χ0n) is 15.4. The van der Waals surface area contributed by atoms with Crippen LogP contribution < -0.4 is 10.0 Å². The second-order valence-electron chi connectivity index (χ2n) is 7.68. The van der Waals surface area contributed by atoms with Gasteiger partial charge in [0, 0.05) is 18.2 Å². The lowest BCUT2D eigenvalue weighted by atomic mass is 9.87. The molecule has 0 aromatic heterocycles. The molecule has 26 heavy (non-hydrogen) atoms. The molecule has 5 nitrogen and oxygen atoms in total. The highest BCUT2D eigenvalue weighted by Crippen LogP contribution is 2.25. The summed E-state index contributed by atoms with van der Waals surface area (Å²) in [5, 5.41) is 2.94.